The minimum Gasteiger partial charge on any atom is -0.482 e. The van der Waals surface area contributed by atoms with Gasteiger partial charge in [0.15, 0.2) is 12.6 Å². The molecule has 0 aliphatic carbocycles. The van der Waals surface area contributed by atoms with Gasteiger partial charge in [0.2, 0.25) is 0 Å². The Morgan fingerprint density at radius 2 is 2.14 bits per heavy atom. The quantitative estimate of drug-likeness (QED) is 0.281. The highest BCUT2D eigenvalue weighted by atomic mass is 127. The van der Waals surface area contributed by atoms with Crippen molar-refractivity contribution in [1.82, 2.24) is 10.2 Å². The van der Waals surface area contributed by atoms with Gasteiger partial charge in [-0.2, -0.15) is 11.8 Å². The minimum atomic E-state index is 0. The second kappa shape index (κ2) is 10.6. The number of thioether (sulfide) groups is 1. The molecule has 0 radical (unpaired) electrons. The van der Waals surface area contributed by atoms with E-state index in [0.29, 0.717) is 13.1 Å². The number of amides is 1. The molecule has 3 rings (SSSR count). The van der Waals surface area contributed by atoms with Crippen molar-refractivity contribution in [1.29, 1.82) is 0 Å². The maximum Gasteiger partial charge on any atom is 0.265 e. The Labute approximate surface area is 189 Å². The van der Waals surface area contributed by atoms with E-state index in [2.05, 4.69) is 31.0 Å². The van der Waals surface area contributed by atoms with E-state index in [-0.39, 0.29) is 41.2 Å². The van der Waals surface area contributed by atoms with E-state index in [4.69, 9.17) is 9.73 Å². The first-order chi connectivity index (χ1) is 13.0. The number of fused-ring (bicyclic) bond motifs is 1. The number of hydrogen-bond donors (Lipinski definition) is 1. The molecule has 8 heteroatoms. The molecule has 1 N–H and O–H groups in total. The lowest BCUT2D eigenvalue weighted by atomic mass is 10.2. The summed E-state index contributed by atoms with van der Waals surface area (Å²) in [6.07, 6.45) is 0.820. The van der Waals surface area contributed by atoms with Gasteiger partial charge in [-0.3, -0.25) is 9.79 Å². The van der Waals surface area contributed by atoms with E-state index in [1.807, 2.05) is 40.9 Å². The van der Waals surface area contributed by atoms with Gasteiger partial charge in [-0.05, 0) is 39.3 Å². The third-order valence-corrected chi connectivity index (χ3v) is 5.97. The van der Waals surface area contributed by atoms with E-state index < -0.39 is 0 Å². The van der Waals surface area contributed by atoms with Gasteiger partial charge < -0.3 is 19.9 Å². The number of rotatable bonds is 5. The van der Waals surface area contributed by atoms with Gasteiger partial charge in [0.25, 0.3) is 5.91 Å². The largest absolute Gasteiger partial charge is 0.482 e. The SMILES string of the molecule is CCNC(=NCCCN1C(=O)COc2ccccc21)N1CCSC(C)(C)C1.I. The molecule has 1 saturated heterocycles. The van der Waals surface area contributed by atoms with Crippen LogP contribution < -0.4 is 15.0 Å². The molecule has 6 nitrogen and oxygen atoms in total. The number of halogens is 1. The lowest BCUT2D eigenvalue weighted by Crippen LogP contribution is -2.51. The van der Waals surface area contributed by atoms with Crippen LogP contribution in [0.4, 0.5) is 5.69 Å². The number of carbonyl (C=O) groups excluding carboxylic acids is 1. The Bertz CT molecular complexity index is 699. The number of anilines is 1. The van der Waals surface area contributed by atoms with Crippen molar-refractivity contribution in [2.24, 2.45) is 4.99 Å². The first-order valence-corrected chi connectivity index (χ1v) is 10.7. The molecule has 0 unspecified atom stereocenters. The van der Waals surface area contributed by atoms with Crippen molar-refractivity contribution in [2.75, 3.05) is 50.0 Å². The summed E-state index contributed by atoms with van der Waals surface area (Å²) in [5.41, 5.74) is 0.861. The standard InChI is InChI=1S/C20H30N4O2S.HI/c1-4-21-19(23-12-13-27-20(2,3)15-23)22-10-7-11-24-16-8-5-6-9-17(16)26-14-18(24)25;/h5-6,8-9H,4,7,10-15H2,1-3H3,(H,21,22);1H. The van der Waals surface area contributed by atoms with E-state index in [9.17, 15) is 4.79 Å². The molecule has 0 atom stereocenters. The zero-order chi connectivity index (χ0) is 19.3. The van der Waals surface area contributed by atoms with E-state index in [1.54, 1.807) is 0 Å². The van der Waals surface area contributed by atoms with E-state index in [0.717, 1.165) is 49.2 Å². The summed E-state index contributed by atoms with van der Waals surface area (Å²) in [6, 6.07) is 7.71. The molecule has 1 aromatic rings. The van der Waals surface area contributed by atoms with Crippen LogP contribution >= 0.6 is 35.7 Å². The molecule has 0 saturated carbocycles. The molecule has 0 bridgehead atoms. The summed E-state index contributed by atoms with van der Waals surface area (Å²) in [7, 11) is 0. The number of nitrogens with zero attached hydrogens (tertiary/aromatic N) is 3. The molecule has 0 aromatic heterocycles. The second-order valence-corrected chi connectivity index (χ2v) is 9.22. The monoisotopic (exact) mass is 518 g/mol. The van der Waals surface area contributed by atoms with Gasteiger partial charge in [0.05, 0.1) is 5.69 Å². The van der Waals surface area contributed by atoms with E-state index in [1.165, 1.54) is 0 Å². The maximum absolute atomic E-state index is 12.2. The van der Waals surface area contributed by atoms with Crippen molar-refractivity contribution in [2.45, 2.75) is 31.9 Å². The molecule has 2 aliphatic heterocycles. The molecule has 0 spiro atoms. The number of ether oxygens (including phenoxy) is 1. The smallest absolute Gasteiger partial charge is 0.265 e. The molecule has 1 aromatic carbocycles. The van der Waals surface area contributed by atoms with Crippen LogP contribution in [0.1, 0.15) is 27.2 Å². The predicted molar refractivity (Wildman–Crippen MR) is 128 cm³/mol. The lowest BCUT2D eigenvalue weighted by Gasteiger charge is -2.39. The normalized spacial score (nSPS) is 18.8. The highest BCUT2D eigenvalue weighted by Crippen LogP contribution is 2.31. The Kier molecular flexibility index (Phi) is 8.73. The van der Waals surface area contributed by atoms with Gasteiger partial charge in [-0.1, -0.05) is 12.1 Å². The number of carbonyl (C=O) groups is 1. The predicted octanol–water partition coefficient (Wildman–Crippen LogP) is 3.21. The van der Waals surface area contributed by atoms with Gasteiger partial charge in [0, 0.05) is 43.2 Å². The van der Waals surface area contributed by atoms with Crippen LogP contribution in [0.3, 0.4) is 0 Å². The molecule has 2 aliphatic rings. The Hall–Kier alpha value is -1.16. The summed E-state index contributed by atoms with van der Waals surface area (Å²) in [5.74, 6) is 2.90. The van der Waals surface area contributed by atoms with Gasteiger partial charge in [0.1, 0.15) is 5.75 Å². The number of guanidine groups is 1. The fraction of sp³-hybridized carbons (Fsp3) is 0.600. The van der Waals surface area contributed by atoms with Gasteiger partial charge in [-0.15, -0.1) is 24.0 Å². The molecule has 28 heavy (non-hydrogen) atoms. The van der Waals surface area contributed by atoms with E-state index >= 15 is 0 Å². The third kappa shape index (κ3) is 5.92. The topological polar surface area (TPSA) is 57.2 Å². The average Bonchev–Trinajstić information content (AvgIpc) is 2.65. The zero-order valence-electron chi connectivity index (χ0n) is 16.9. The first-order valence-electron chi connectivity index (χ1n) is 9.69. The zero-order valence-corrected chi connectivity index (χ0v) is 20.1. The van der Waals surface area contributed by atoms with Crippen LogP contribution in [0.25, 0.3) is 0 Å². The first kappa shape index (κ1) is 23.1. The van der Waals surface area contributed by atoms with Crippen LogP contribution in [-0.2, 0) is 4.79 Å². The van der Waals surface area contributed by atoms with Crippen molar-refractivity contribution < 1.29 is 9.53 Å². The fourth-order valence-corrected chi connectivity index (χ4v) is 4.55. The number of hydrogen-bond acceptors (Lipinski definition) is 4. The van der Waals surface area contributed by atoms with Crippen LogP contribution in [0.15, 0.2) is 29.3 Å². The van der Waals surface area contributed by atoms with Gasteiger partial charge in [-0.25, -0.2) is 0 Å². The average molecular weight is 518 g/mol. The Balaban J connectivity index is 0.00000280. The fourth-order valence-electron chi connectivity index (χ4n) is 3.44. The van der Waals surface area contributed by atoms with Crippen LogP contribution in [0.2, 0.25) is 0 Å². The summed E-state index contributed by atoms with van der Waals surface area (Å²) < 4.78 is 5.75. The van der Waals surface area contributed by atoms with Crippen LogP contribution in [-0.4, -0.2) is 66.6 Å². The number of aliphatic imine (C=N–C) groups is 1. The molecule has 1 amide bonds. The lowest BCUT2D eigenvalue weighted by molar-refractivity contribution is -0.121. The molecule has 1 fully saturated rings. The highest BCUT2D eigenvalue weighted by molar-refractivity contribution is 14.0. The van der Waals surface area contributed by atoms with Gasteiger partial charge >= 0.3 is 0 Å². The number of para-hydroxylation sites is 2. The summed E-state index contributed by atoms with van der Waals surface area (Å²) in [6.45, 7) is 11.0. The summed E-state index contributed by atoms with van der Waals surface area (Å²) in [5, 5.41) is 3.42. The Morgan fingerprint density at radius 3 is 2.89 bits per heavy atom. The summed E-state index contributed by atoms with van der Waals surface area (Å²) >= 11 is 2.02. The molecule has 156 valence electrons. The second-order valence-electron chi connectivity index (χ2n) is 7.42. The number of benzene rings is 1. The van der Waals surface area contributed by atoms with Crippen LogP contribution in [0.5, 0.6) is 5.75 Å². The van der Waals surface area contributed by atoms with Crippen molar-refractivity contribution in [3.8, 4) is 5.75 Å². The molecular weight excluding hydrogens is 487 g/mol. The number of nitrogens with one attached hydrogen (secondary N) is 1. The Morgan fingerprint density at radius 1 is 1.36 bits per heavy atom. The molecule has 2 heterocycles. The third-order valence-electron chi connectivity index (χ3n) is 4.67. The molecular formula is C20H31IN4O2S. The highest BCUT2D eigenvalue weighted by Gasteiger charge is 2.29. The summed E-state index contributed by atoms with van der Waals surface area (Å²) in [4.78, 5) is 21.2. The van der Waals surface area contributed by atoms with Crippen LogP contribution in [0, 0.1) is 0 Å². The maximum atomic E-state index is 12.2. The minimum absolute atomic E-state index is 0. The van der Waals surface area contributed by atoms with Crippen molar-refractivity contribution >= 4 is 53.3 Å². The van der Waals surface area contributed by atoms with Crippen molar-refractivity contribution in [3.05, 3.63) is 24.3 Å². The van der Waals surface area contributed by atoms with Crippen molar-refractivity contribution in [3.63, 3.8) is 0 Å².